The molecule has 3 radical (unpaired) electrons. The smallest absolute Gasteiger partial charge is 0 e. The molecule has 0 atom stereocenters. The molecule has 4 nitrogen and oxygen atoms in total. The first-order chi connectivity index (χ1) is 16.2. The number of amides is 2. The fraction of sp³-hybridized carbons (Fsp3) is 0.231. The van der Waals surface area contributed by atoms with Gasteiger partial charge in [0.15, 0.2) is 0 Å². The summed E-state index contributed by atoms with van der Waals surface area (Å²) in [5.41, 5.74) is 12.6. The SMILES string of the molecule is C[Si](C)(C)C([NH-])=O.C[Si](C)(C)C([NH-])=O.[Cl][Zr][Cl].[In].c1ccc2[cH-]ccc2c1.c1ccc2[cH-]ccc2c1. The molecule has 0 bridgehead atoms. The number of rotatable bonds is 2. The van der Waals surface area contributed by atoms with Crippen LogP contribution in [0, 0.1) is 0 Å². The zero-order valence-corrected chi connectivity index (χ0v) is 31.0. The minimum absolute atomic E-state index is 0. The Morgan fingerprint density at radius 3 is 1.14 bits per heavy atom. The molecule has 4 aromatic rings. The topological polar surface area (TPSA) is 81.7 Å². The standard InChI is InChI=1S/2C9H7.2C4H11NOSi.2ClH.In.Zr/c2*1-2-5-9-7-3-6-8(9)4-1;2*1-7(2,3)4(5)6;;;;/h2*1-7H;2*1-3H3,(H2,5,6);2*1H;;/q2*-1;;;;;;+2/p-4. The van der Waals surface area contributed by atoms with Gasteiger partial charge < -0.3 is 21.1 Å². The summed E-state index contributed by atoms with van der Waals surface area (Å²) in [5.74, 6) is 0. The van der Waals surface area contributed by atoms with Crippen molar-refractivity contribution in [2.24, 2.45) is 0 Å². The van der Waals surface area contributed by atoms with Crippen LogP contribution < -0.4 is 0 Å². The molecular weight excluding hydrogens is 705 g/mol. The number of nitrogens with one attached hydrogen (secondary N) is 2. The van der Waals surface area contributed by atoms with E-state index in [1.807, 2.05) is 39.3 Å². The van der Waals surface area contributed by atoms with Crippen molar-refractivity contribution in [3.05, 3.63) is 96.4 Å². The van der Waals surface area contributed by atoms with E-state index in [-0.39, 0.29) is 36.9 Å². The molecule has 0 spiro atoms. The third kappa shape index (κ3) is 17.0. The van der Waals surface area contributed by atoms with Crippen LogP contribution in [0.1, 0.15) is 0 Å². The van der Waals surface area contributed by atoms with Crippen molar-refractivity contribution in [3.63, 3.8) is 0 Å². The first-order valence-corrected chi connectivity index (χ1v) is 24.3. The van der Waals surface area contributed by atoms with Crippen LogP contribution in [-0.2, 0) is 20.8 Å². The number of carbonyl (C=O) groups is 2. The summed E-state index contributed by atoms with van der Waals surface area (Å²) in [6, 6.07) is 29.3. The summed E-state index contributed by atoms with van der Waals surface area (Å²) in [5, 5.41) is 5.32. The summed E-state index contributed by atoms with van der Waals surface area (Å²) in [6.07, 6.45) is 0. The third-order valence-electron chi connectivity index (χ3n) is 4.46. The minimum atomic E-state index is -1.71. The van der Waals surface area contributed by atoms with Crippen LogP contribution in [0.5, 0.6) is 0 Å². The van der Waals surface area contributed by atoms with E-state index in [4.69, 9.17) is 28.5 Å². The van der Waals surface area contributed by atoms with Gasteiger partial charge in [0.2, 0.25) is 0 Å². The first kappa shape index (κ1) is 37.5. The number of benzene rings is 2. The Morgan fingerprint density at radius 2 is 0.917 bits per heavy atom. The van der Waals surface area contributed by atoms with Gasteiger partial charge in [-0.3, -0.25) is 0 Å². The number of hydrogen-bond acceptors (Lipinski definition) is 2. The van der Waals surface area contributed by atoms with E-state index in [2.05, 4.69) is 84.9 Å². The van der Waals surface area contributed by atoms with Crippen LogP contribution in [0.2, 0.25) is 39.3 Å². The van der Waals surface area contributed by atoms with Crippen LogP contribution in [0.25, 0.3) is 33.0 Å². The van der Waals surface area contributed by atoms with Crippen LogP contribution in [0.3, 0.4) is 0 Å². The van der Waals surface area contributed by atoms with Gasteiger partial charge in [-0.15, -0.1) is 59.3 Å². The van der Waals surface area contributed by atoms with E-state index >= 15 is 0 Å². The van der Waals surface area contributed by atoms with Crippen LogP contribution >= 0.6 is 17.0 Å². The Balaban J connectivity index is 0. The molecule has 36 heavy (non-hydrogen) atoms. The molecule has 2 amide bonds. The van der Waals surface area contributed by atoms with E-state index < -0.39 is 37.0 Å². The van der Waals surface area contributed by atoms with Gasteiger partial charge in [0.25, 0.3) is 0 Å². The molecule has 0 aliphatic heterocycles. The summed E-state index contributed by atoms with van der Waals surface area (Å²) in [7, 11) is 6.45. The second kappa shape index (κ2) is 19.4. The third-order valence-corrected chi connectivity index (χ3v) is 7.18. The molecular formula is C26H34Cl2InN2O2Si2Zr-4. The monoisotopic (exact) mass is 737 g/mol. The molecule has 0 fully saturated rings. The Hall–Kier alpha value is -0.633. The quantitative estimate of drug-likeness (QED) is 0.152. The summed E-state index contributed by atoms with van der Waals surface area (Å²) < 4.78 is 0. The second-order valence-electron chi connectivity index (χ2n) is 9.54. The van der Waals surface area contributed by atoms with Crippen LogP contribution in [-0.4, -0.2) is 53.1 Å². The Labute approximate surface area is 255 Å². The molecule has 10 heteroatoms. The molecule has 0 unspecified atom stereocenters. The second-order valence-corrected chi connectivity index (χ2v) is 23.2. The van der Waals surface area contributed by atoms with Gasteiger partial charge in [0.05, 0.1) is 16.1 Å². The Bertz CT molecular complexity index is 1010. The summed E-state index contributed by atoms with van der Waals surface area (Å²) in [4.78, 5) is 20.4. The number of halogens is 2. The molecule has 0 aromatic heterocycles. The first-order valence-electron chi connectivity index (χ1n) is 10.9. The molecule has 193 valence electrons. The molecule has 0 aliphatic rings. The number of carbonyl (C=O) groups excluding carboxylic acids is 2. The molecule has 0 heterocycles. The Kier molecular flexibility index (Phi) is 20.3. The molecule has 0 saturated heterocycles. The molecule has 0 aliphatic carbocycles. The van der Waals surface area contributed by atoms with Gasteiger partial charge in [0.1, 0.15) is 0 Å². The average Bonchev–Trinajstić information content (AvgIpc) is 3.43. The Morgan fingerprint density at radius 1 is 0.667 bits per heavy atom. The molecule has 4 rings (SSSR count). The minimum Gasteiger partial charge on any atom is -0.168 e. The van der Waals surface area contributed by atoms with Gasteiger partial charge in [-0.25, -0.2) is 0 Å². The van der Waals surface area contributed by atoms with Crippen LogP contribution in [0.4, 0.5) is 9.59 Å². The van der Waals surface area contributed by atoms with Crippen molar-refractivity contribution in [1.82, 2.24) is 0 Å². The van der Waals surface area contributed by atoms with Crippen LogP contribution in [0.15, 0.2) is 84.9 Å². The summed E-state index contributed by atoms with van der Waals surface area (Å²) >= 11 is -0.826. The van der Waals surface area contributed by atoms with Crippen molar-refractivity contribution in [2.45, 2.75) is 39.3 Å². The van der Waals surface area contributed by atoms with Crippen molar-refractivity contribution in [3.8, 4) is 0 Å². The van der Waals surface area contributed by atoms with E-state index in [1.165, 1.54) is 21.5 Å². The van der Waals surface area contributed by atoms with E-state index in [1.54, 1.807) is 0 Å². The number of hydrogen-bond donors (Lipinski definition) is 0. The van der Waals surface area contributed by atoms with Gasteiger partial charge in [-0.2, -0.15) is 35.0 Å². The largest absolute Gasteiger partial charge is 0.168 e. The van der Waals surface area contributed by atoms with Gasteiger partial charge in [0, 0.05) is 36.9 Å². The van der Waals surface area contributed by atoms with Crippen molar-refractivity contribution >= 4 is 91.6 Å². The number of fused-ring (bicyclic) bond motifs is 2. The zero-order chi connectivity index (χ0) is 27.1. The van der Waals surface area contributed by atoms with E-state index in [0.29, 0.717) is 0 Å². The maximum absolute atomic E-state index is 10.2. The normalized spacial score (nSPS) is 9.89. The summed E-state index contributed by atoms with van der Waals surface area (Å²) in [6.45, 7) is 11.2. The van der Waals surface area contributed by atoms with Gasteiger partial charge in [-0.1, -0.05) is 51.4 Å². The predicted molar refractivity (Wildman–Crippen MR) is 163 cm³/mol. The molecule has 4 aromatic carbocycles. The fourth-order valence-electron chi connectivity index (χ4n) is 2.14. The maximum atomic E-state index is 10.2. The molecule has 2 N–H and O–H groups in total. The van der Waals surface area contributed by atoms with E-state index in [0.717, 1.165) is 0 Å². The van der Waals surface area contributed by atoms with Crippen molar-refractivity contribution in [1.29, 1.82) is 0 Å². The predicted octanol–water partition coefficient (Wildman–Crippen LogP) is 10.3. The molecule has 0 saturated carbocycles. The average molecular weight is 740 g/mol. The maximum Gasteiger partial charge on any atom is 0 e. The van der Waals surface area contributed by atoms with Gasteiger partial charge in [-0.05, 0) is 0 Å². The van der Waals surface area contributed by atoms with Gasteiger partial charge >= 0.3 is 37.9 Å². The van der Waals surface area contributed by atoms with Crippen molar-refractivity contribution in [2.75, 3.05) is 0 Å². The van der Waals surface area contributed by atoms with Crippen molar-refractivity contribution < 1.29 is 30.4 Å². The fourth-order valence-corrected chi connectivity index (χ4v) is 2.14. The van der Waals surface area contributed by atoms with E-state index in [9.17, 15) is 9.59 Å². The zero-order valence-electron chi connectivity index (χ0n) is 21.7.